The van der Waals surface area contributed by atoms with Gasteiger partial charge in [-0.2, -0.15) is 0 Å². The summed E-state index contributed by atoms with van der Waals surface area (Å²) in [6.45, 7) is 4.56. The summed E-state index contributed by atoms with van der Waals surface area (Å²) in [7, 11) is 0. The number of hydrogen-bond acceptors (Lipinski definition) is 6. The number of carbonyl (C=O) groups excluding carboxylic acids is 2. The summed E-state index contributed by atoms with van der Waals surface area (Å²) in [5.41, 5.74) is 2.04. The van der Waals surface area contributed by atoms with Crippen molar-refractivity contribution in [1.82, 2.24) is 9.55 Å². The third-order valence-corrected chi connectivity index (χ3v) is 6.17. The molecule has 8 heteroatoms. The summed E-state index contributed by atoms with van der Waals surface area (Å²) in [5.74, 6) is 0.132. The second kappa shape index (κ2) is 8.23. The Kier molecular flexibility index (Phi) is 5.50. The molecule has 3 heterocycles. The summed E-state index contributed by atoms with van der Waals surface area (Å²) >= 11 is 1.25. The average molecular weight is 423 g/mol. The number of esters is 1. The van der Waals surface area contributed by atoms with Gasteiger partial charge in [0.25, 0.3) is 11.5 Å². The Hall–Kier alpha value is -3.26. The second-order valence-corrected chi connectivity index (χ2v) is 7.99. The Morgan fingerprint density at radius 3 is 2.80 bits per heavy atom. The van der Waals surface area contributed by atoms with Crippen molar-refractivity contribution in [3.8, 4) is 0 Å². The topological polar surface area (TPSA) is 90.3 Å². The fourth-order valence-electron chi connectivity index (χ4n) is 3.51. The molecule has 0 spiro atoms. The maximum atomic E-state index is 12.8. The Morgan fingerprint density at radius 1 is 1.30 bits per heavy atom. The summed E-state index contributed by atoms with van der Waals surface area (Å²) in [4.78, 5) is 42.7. The molecule has 1 aliphatic heterocycles. The lowest BCUT2D eigenvalue weighted by atomic mass is 10.1. The van der Waals surface area contributed by atoms with E-state index in [9.17, 15) is 14.4 Å². The quantitative estimate of drug-likeness (QED) is 0.501. The van der Waals surface area contributed by atoms with E-state index in [0.29, 0.717) is 39.5 Å². The smallest absolute Gasteiger partial charge is 0.330 e. The zero-order valence-corrected chi connectivity index (χ0v) is 17.5. The summed E-state index contributed by atoms with van der Waals surface area (Å²) < 4.78 is 6.56. The maximum absolute atomic E-state index is 12.8. The number of thiophene rings is 1. The number of hydrogen-bond donors (Lipinski definition) is 1. The number of ether oxygens (including phenoxy) is 1. The van der Waals surface area contributed by atoms with E-state index in [1.807, 2.05) is 0 Å². The molecule has 4 rings (SSSR count). The van der Waals surface area contributed by atoms with E-state index < -0.39 is 5.97 Å². The monoisotopic (exact) mass is 423 g/mol. The van der Waals surface area contributed by atoms with Gasteiger partial charge in [-0.3, -0.25) is 14.2 Å². The molecule has 0 saturated carbocycles. The van der Waals surface area contributed by atoms with Crippen LogP contribution in [0.25, 0.3) is 16.3 Å². The number of aromatic nitrogens is 2. The van der Waals surface area contributed by atoms with E-state index in [0.717, 1.165) is 24.2 Å². The molecule has 0 saturated heterocycles. The van der Waals surface area contributed by atoms with E-state index in [4.69, 9.17) is 4.74 Å². The summed E-state index contributed by atoms with van der Waals surface area (Å²) in [5, 5.41) is 3.41. The van der Waals surface area contributed by atoms with E-state index >= 15 is 0 Å². The zero-order chi connectivity index (χ0) is 21.3. The SMILES string of the molecule is CCOC(=O)/C=C/c1ccc(NC(=O)c2sc3nc4n(c(=O)c3c2C)CCC4)cc1. The highest BCUT2D eigenvalue weighted by atomic mass is 32.1. The molecule has 0 aliphatic carbocycles. The standard InChI is InChI=1S/C22H21N3O4S/c1-3-29-17(26)11-8-14-6-9-15(10-7-14)23-20(27)19-13(2)18-21(30-19)24-16-5-4-12-25(16)22(18)28/h6-11H,3-5,12H2,1-2H3,(H,23,27)/b11-8+. The molecule has 1 N–H and O–H groups in total. The number of fused-ring (bicyclic) bond motifs is 2. The van der Waals surface area contributed by atoms with Crippen LogP contribution in [0, 0.1) is 6.92 Å². The van der Waals surface area contributed by atoms with Gasteiger partial charge in [0.05, 0.1) is 16.9 Å². The summed E-state index contributed by atoms with van der Waals surface area (Å²) in [6, 6.07) is 7.10. The van der Waals surface area contributed by atoms with Crippen LogP contribution in [-0.4, -0.2) is 28.0 Å². The lowest BCUT2D eigenvalue weighted by Gasteiger charge is -2.05. The average Bonchev–Trinajstić information content (AvgIpc) is 3.33. The summed E-state index contributed by atoms with van der Waals surface area (Å²) in [6.07, 6.45) is 4.73. The van der Waals surface area contributed by atoms with Crippen LogP contribution in [0.3, 0.4) is 0 Å². The third kappa shape index (κ3) is 3.78. The molecule has 0 unspecified atom stereocenters. The van der Waals surface area contributed by atoms with Gasteiger partial charge in [0.15, 0.2) is 0 Å². The van der Waals surface area contributed by atoms with Crippen LogP contribution in [0.15, 0.2) is 35.1 Å². The predicted octanol–water partition coefficient (Wildman–Crippen LogP) is 3.54. The van der Waals surface area contributed by atoms with Gasteiger partial charge >= 0.3 is 5.97 Å². The molecular formula is C22H21N3O4S. The molecule has 0 bridgehead atoms. The Bertz CT molecular complexity index is 1220. The number of nitrogens with zero attached hydrogens (tertiary/aromatic N) is 2. The van der Waals surface area contributed by atoms with Crippen molar-refractivity contribution in [3.63, 3.8) is 0 Å². The Balaban J connectivity index is 1.54. The van der Waals surface area contributed by atoms with Gasteiger partial charge in [0, 0.05) is 24.7 Å². The van der Waals surface area contributed by atoms with Gasteiger partial charge in [-0.1, -0.05) is 12.1 Å². The highest BCUT2D eigenvalue weighted by molar-refractivity contribution is 7.20. The predicted molar refractivity (Wildman–Crippen MR) is 117 cm³/mol. The van der Waals surface area contributed by atoms with Gasteiger partial charge in [0.2, 0.25) is 0 Å². The van der Waals surface area contributed by atoms with Crippen LogP contribution in [0.1, 0.15) is 40.0 Å². The molecule has 30 heavy (non-hydrogen) atoms. The van der Waals surface area contributed by atoms with Crippen molar-refractivity contribution < 1.29 is 14.3 Å². The maximum Gasteiger partial charge on any atom is 0.330 e. The minimum Gasteiger partial charge on any atom is -0.463 e. The van der Waals surface area contributed by atoms with Crippen molar-refractivity contribution in [2.75, 3.05) is 11.9 Å². The molecule has 2 aromatic heterocycles. The van der Waals surface area contributed by atoms with Gasteiger partial charge in [0.1, 0.15) is 10.7 Å². The first-order chi connectivity index (χ1) is 14.5. The Morgan fingerprint density at radius 2 is 2.07 bits per heavy atom. The molecule has 1 aromatic carbocycles. The third-order valence-electron chi connectivity index (χ3n) is 4.98. The van der Waals surface area contributed by atoms with E-state index in [-0.39, 0.29) is 11.5 Å². The highest BCUT2D eigenvalue weighted by Gasteiger charge is 2.23. The van der Waals surface area contributed by atoms with E-state index in [2.05, 4.69) is 10.3 Å². The molecule has 1 aliphatic rings. The van der Waals surface area contributed by atoms with E-state index in [1.165, 1.54) is 17.4 Å². The van der Waals surface area contributed by atoms with Crippen molar-refractivity contribution in [3.05, 3.63) is 62.5 Å². The first-order valence-electron chi connectivity index (χ1n) is 9.77. The van der Waals surface area contributed by atoms with Crippen LogP contribution in [0.4, 0.5) is 5.69 Å². The van der Waals surface area contributed by atoms with Gasteiger partial charge in [-0.25, -0.2) is 9.78 Å². The minimum absolute atomic E-state index is 0.0574. The first-order valence-corrected chi connectivity index (χ1v) is 10.6. The zero-order valence-electron chi connectivity index (χ0n) is 16.7. The van der Waals surface area contributed by atoms with Crippen LogP contribution in [0.5, 0.6) is 0 Å². The van der Waals surface area contributed by atoms with Gasteiger partial charge in [-0.15, -0.1) is 11.3 Å². The van der Waals surface area contributed by atoms with Gasteiger partial charge in [-0.05, 0) is 49.6 Å². The van der Waals surface area contributed by atoms with Crippen LogP contribution in [-0.2, 0) is 22.5 Å². The minimum atomic E-state index is -0.398. The molecule has 1 amide bonds. The highest BCUT2D eigenvalue weighted by Crippen LogP contribution is 2.29. The number of anilines is 1. The number of nitrogens with one attached hydrogen (secondary N) is 1. The van der Waals surface area contributed by atoms with Crippen molar-refractivity contribution in [2.24, 2.45) is 0 Å². The van der Waals surface area contributed by atoms with Crippen LogP contribution < -0.4 is 10.9 Å². The Labute approximate surface area is 177 Å². The van der Waals surface area contributed by atoms with E-state index in [1.54, 1.807) is 48.8 Å². The largest absolute Gasteiger partial charge is 0.463 e. The van der Waals surface area contributed by atoms with Crippen molar-refractivity contribution in [1.29, 1.82) is 0 Å². The van der Waals surface area contributed by atoms with Crippen molar-refractivity contribution >= 4 is 45.2 Å². The lowest BCUT2D eigenvalue weighted by molar-refractivity contribution is -0.137. The van der Waals surface area contributed by atoms with Crippen LogP contribution >= 0.6 is 11.3 Å². The van der Waals surface area contributed by atoms with Crippen LogP contribution in [0.2, 0.25) is 0 Å². The molecular weight excluding hydrogens is 402 g/mol. The molecule has 0 radical (unpaired) electrons. The fourth-order valence-corrected chi connectivity index (χ4v) is 4.60. The number of carbonyl (C=O) groups is 2. The fraction of sp³-hybridized carbons (Fsp3) is 0.273. The van der Waals surface area contributed by atoms with Gasteiger partial charge < -0.3 is 10.1 Å². The molecule has 0 atom stereocenters. The lowest BCUT2D eigenvalue weighted by Crippen LogP contribution is -2.20. The molecule has 154 valence electrons. The molecule has 3 aromatic rings. The normalized spacial score (nSPS) is 13.0. The number of aryl methyl sites for hydroxylation is 2. The first kappa shape index (κ1) is 20.0. The molecule has 0 fully saturated rings. The number of amides is 1. The van der Waals surface area contributed by atoms with Crippen molar-refractivity contribution in [2.45, 2.75) is 33.2 Å². The second-order valence-electron chi connectivity index (χ2n) is 6.99. The molecule has 7 nitrogen and oxygen atoms in total. The number of rotatable bonds is 5. The number of benzene rings is 1.